The number of rotatable bonds is 4. The van der Waals surface area contributed by atoms with Crippen LogP contribution >= 0.6 is 0 Å². The third-order valence-electron chi connectivity index (χ3n) is 4.38. The molecule has 6 nitrogen and oxygen atoms in total. The van der Waals surface area contributed by atoms with Gasteiger partial charge in [-0.15, -0.1) is 0 Å². The van der Waals surface area contributed by atoms with Gasteiger partial charge in [-0.05, 0) is 18.1 Å². The SMILES string of the molecule is CC(C)[C@H](NC(=O)[C@@H]1CC(=O)N(C)C1)c1nc2ccccc2[nH]1. The number of nitrogens with one attached hydrogen (secondary N) is 2. The van der Waals surface area contributed by atoms with Crippen LogP contribution in [0.25, 0.3) is 11.0 Å². The van der Waals surface area contributed by atoms with Crippen molar-refractivity contribution in [1.82, 2.24) is 20.2 Å². The number of carbonyl (C=O) groups excluding carboxylic acids is 2. The van der Waals surface area contributed by atoms with Crippen molar-refractivity contribution < 1.29 is 9.59 Å². The van der Waals surface area contributed by atoms with Crippen LogP contribution in [0.5, 0.6) is 0 Å². The highest BCUT2D eigenvalue weighted by molar-refractivity contribution is 5.89. The lowest BCUT2D eigenvalue weighted by Gasteiger charge is -2.22. The largest absolute Gasteiger partial charge is 0.346 e. The van der Waals surface area contributed by atoms with E-state index in [9.17, 15) is 9.59 Å². The molecule has 1 aliphatic rings. The van der Waals surface area contributed by atoms with Gasteiger partial charge in [0.1, 0.15) is 5.82 Å². The minimum absolute atomic E-state index is 0.0231. The third-order valence-corrected chi connectivity index (χ3v) is 4.38. The Labute approximate surface area is 135 Å². The van der Waals surface area contributed by atoms with E-state index in [0.717, 1.165) is 16.9 Å². The van der Waals surface area contributed by atoms with Crippen LogP contribution in [0.15, 0.2) is 24.3 Å². The predicted molar refractivity (Wildman–Crippen MR) is 87.6 cm³/mol. The highest BCUT2D eigenvalue weighted by Gasteiger charge is 2.34. The molecule has 1 aromatic carbocycles. The standard InChI is InChI=1S/C17H22N4O2/c1-10(2)15(16-18-12-6-4-5-7-13(12)19-16)20-17(23)11-8-14(22)21(3)9-11/h4-7,10-11,15H,8-9H2,1-3H3,(H,18,19)(H,20,23)/t11-,15+/m1/s1. The average Bonchev–Trinajstić information content (AvgIpc) is 3.08. The Morgan fingerprint density at radius 2 is 2.13 bits per heavy atom. The minimum Gasteiger partial charge on any atom is -0.346 e. The second-order valence-electron chi connectivity index (χ2n) is 6.54. The zero-order valence-corrected chi connectivity index (χ0v) is 13.7. The van der Waals surface area contributed by atoms with Crippen molar-refractivity contribution >= 4 is 22.8 Å². The number of carbonyl (C=O) groups is 2. The predicted octanol–water partition coefficient (Wildman–Crippen LogP) is 1.85. The van der Waals surface area contributed by atoms with Crippen LogP contribution in [-0.2, 0) is 9.59 Å². The first-order valence-electron chi connectivity index (χ1n) is 7.94. The molecule has 1 fully saturated rings. The molecule has 0 saturated carbocycles. The summed E-state index contributed by atoms with van der Waals surface area (Å²) in [5.74, 6) is 0.608. The lowest BCUT2D eigenvalue weighted by Crippen LogP contribution is -2.37. The van der Waals surface area contributed by atoms with E-state index in [2.05, 4.69) is 15.3 Å². The van der Waals surface area contributed by atoms with E-state index < -0.39 is 0 Å². The Morgan fingerprint density at radius 3 is 2.74 bits per heavy atom. The van der Waals surface area contributed by atoms with Crippen molar-refractivity contribution in [2.45, 2.75) is 26.3 Å². The van der Waals surface area contributed by atoms with E-state index in [1.165, 1.54) is 0 Å². The van der Waals surface area contributed by atoms with Crippen molar-refractivity contribution in [3.63, 3.8) is 0 Å². The van der Waals surface area contributed by atoms with Gasteiger partial charge in [0.2, 0.25) is 11.8 Å². The molecule has 1 saturated heterocycles. The van der Waals surface area contributed by atoms with E-state index in [4.69, 9.17) is 0 Å². The van der Waals surface area contributed by atoms with E-state index in [0.29, 0.717) is 6.54 Å². The smallest absolute Gasteiger partial charge is 0.226 e. The van der Waals surface area contributed by atoms with Crippen molar-refractivity contribution in [3.8, 4) is 0 Å². The molecular formula is C17H22N4O2. The van der Waals surface area contributed by atoms with Crippen LogP contribution in [0.1, 0.15) is 32.1 Å². The van der Waals surface area contributed by atoms with Crippen LogP contribution in [-0.4, -0.2) is 40.3 Å². The number of fused-ring (bicyclic) bond motifs is 1. The normalized spacial score (nSPS) is 19.6. The summed E-state index contributed by atoms with van der Waals surface area (Å²) >= 11 is 0. The Morgan fingerprint density at radius 1 is 1.39 bits per heavy atom. The quantitative estimate of drug-likeness (QED) is 0.904. The first kappa shape index (κ1) is 15.5. The molecule has 2 heterocycles. The maximum Gasteiger partial charge on any atom is 0.226 e. The number of aromatic nitrogens is 2. The van der Waals surface area contributed by atoms with E-state index in [-0.39, 0.29) is 36.1 Å². The summed E-state index contributed by atoms with van der Waals surface area (Å²) in [6.45, 7) is 4.57. The summed E-state index contributed by atoms with van der Waals surface area (Å²) in [7, 11) is 1.73. The van der Waals surface area contributed by atoms with Gasteiger partial charge in [0, 0.05) is 20.0 Å². The van der Waals surface area contributed by atoms with Gasteiger partial charge in [0.05, 0.1) is 23.0 Å². The second-order valence-corrected chi connectivity index (χ2v) is 6.54. The minimum atomic E-state index is -0.280. The van der Waals surface area contributed by atoms with Crippen LogP contribution in [0.4, 0.5) is 0 Å². The van der Waals surface area contributed by atoms with Crippen LogP contribution < -0.4 is 5.32 Å². The fraction of sp³-hybridized carbons (Fsp3) is 0.471. The molecule has 0 radical (unpaired) electrons. The number of aromatic amines is 1. The molecule has 23 heavy (non-hydrogen) atoms. The van der Waals surface area contributed by atoms with Gasteiger partial charge in [-0.2, -0.15) is 0 Å². The molecule has 0 bridgehead atoms. The number of H-pyrrole nitrogens is 1. The zero-order valence-electron chi connectivity index (χ0n) is 13.7. The monoisotopic (exact) mass is 314 g/mol. The lowest BCUT2D eigenvalue weighted by molar-refractivity contribution is -0.128. The molecule has 2 amide bonds. The van der Waals surface area contributed by atoms with Gasteiger partial charge in [-0.25, -0.2) is 4.98 Å². The first-order chi connectivity index (χ1) is 11.0. The summed E-state index contributed by atoms with van der Waals surface area (Å²) in [5.41, 5.74) is 1.84. The number of amides is 2. The van der Waals surface area contributed by atoms with Crippen LogP contribution in [0, 0.1) is 11.8 Å². The highest BCUT2D eigenvalue weighted by atomic mass is 16.2. The number of hydrogen-bond donors (Lipinski definition) is 2. The van der Waals surface area contributed by atoms with Crippen LogP contribution in [0.2, 0.25) is 0 Å². The fourth-order valence-electron chi connectivity index (χ4n) is 2.98. The van der Waals surface area contributed by atoms with Crippen molar-refractivity contribution in [2.24, 2.45) is 11.8 Å². The highest BCUT2D eigenvalue weighted by Crippen LogP contribution is 2.24. The average molecular weight is 314 g/mol. The topological polar surface area (TPSA) is 78.1 Å². The number of nitrogens with zero attached hydrogens (tertiary/aromatic N) is 2. The van der Waals surface area contributed by atoms with E-state index >= 15 is 0 Å². The number of benzene rings is 1. The van der Waals surface area contributed by atoms with Crippen LogP contribution in [0.3, 0.4) is 0 Å². The molecule has 0 unspecified atom stereocenters. The van der Waals surface area contributed by atoms with Gasteiger partial charge >= 0.3 is 0 Å². The Balaban J connectivity index is 1.79. The van der Waals surface area contributed by atoms with Crippen molar-refractivity contribution in [3.05, 3.63) is 30.1 Å². The number of hydrogen-bond acceptors (Lipinski definition) is 3. The molecule has 122 valence electrons. The third kappa shape index (κ3) is 3.06. The summed E-state index contributed by atoms with van der Waals surface area (Å²) < 4.78 is 0. The van der Waals surface area contributed by atoms with Gasteiger partial charge in [0.25, 0.3) is 0 Å². The molecule has 2 atom stereocenters. The molecule has 0 spiro atoms. The van der Waals surface area contributed by atoms with Gasteiger partial charge in [0.15, 0.2) is 0 Å². The summed E-state index contributed by atoms with van der Waals surface area (Å²) in [6.07, 6.45) is 0.285. The Bertz CT molecular complexity index is 704. The summed E-state index contributed by atoms with van der Waals surface area (Å²) in [5, 5.41) is 3.07. The zero-order chi connectivity index (χ0) is 16.6. The molecule has 2 N–H and O–H groups in total. The number of imidazole rings is 1. The molecular weight excluding hydrogens is 292 g/mol. The summed E-state index contributed by atoms with van der Waals surface area (Å²) in [4.78, 5) is 33.6. The number of likely N-dealkylation sites (tertiary alicyclic amines) is 1. The van der Waals surface area contributed by atoms with E-state index in [1.807, 2.05) is 38.1 Å². The van der Waals surface area contributed by atoms with Crippen molar-refractivity contribution in [1.29, 1.82) is 0 Å². The van der Waals surface area contributed by atoms with Gasteiger partial charge < -0.3 is 15.2 Å². The molecule has 1 aromatic heterocycles. The maximum atomic E-state index is 12.5. The second kappa shape index (κ2) is 6.02. The maximum absolute atomic E-state index is 12.5. The van der Waals surface area contributed by atoms with Gasteiger partial charge in [-0.3, -0.25) is 9.59 Å². The first-order valence-corrected chi connectivity index (χ1v) is 7.94. The van der Waals surface area contributed by atoms with Crippen molar-refractivity contribution in [2.75, 3.05) is 13.6 Å². The molecule has 6 heteroatoms. The Hall–Kier alpha value is -2.37. The molecule has 3 rings (SSSR count). The molecule has 0 aliphatic carbocycles. The summed E-state index contributed by atoms with van der Waals surface area (Å²) in [6, 6.07) is 7.61. The Kier molecular flexibility index (Phi) is 4.07. The molecule has 2 aromatic rings. The van der Waals surface area contributed by atoms with E-state index in [1.54, 1.807) is 11.9 Å². The number of para-hydroxylation sites is 2. The lowest BCUT2D eigenvalue weighted by atomic mass is 10.0. The fourth-order valence-corrected chi connectivity index (χ4v) is 2.98. The van der Waals surface area contributed by atoms with Gasteiger partial charge in [-0.1, -0.05) is 26.0 Å². The molecule has 1 aliphatic heterocycles.